The second kappa shape index (κ2) is 6.41. The van der Waals surface area contributed by atoms with E-state index in [9.17, 15) is 9.18 Å². The number of amides is 1. The molecule has 0 aliphatic carbocycles. The summed E-state index contributed by atoms with van der Waals surface area (Å²) < 4.78 is 15.4. The Kier molecular flexibility index (Phi) is 4.80. The molecule has 0 bridgehead atoms. The zero-order chi connectivity index (χ0) is 15.6. The molecule has 0 unspecified atom stereocenters. The van der Waals surface area contributed by atoms with Crippen LogP contribution >= 0.6 is 23.2 Å². The van der Waals surface area contributed by atoms with Crippen molar-refractivity contribution in [2.45, 2.75) is 20.0 Å². The van der Waals surface area contributed by atoms with Gasteiger partial charge in [-0.05, 0) is 12.1 Å². The summed E-state index contributed by atoms with van der Waals surface area (Å²) in [5, 5.41) is 8.16. The van der Waals surface area contributed by atoms with Gasteiger partial charge in [0.1, 0.15) is 11.5 Å². The Hall–Kier alpha value is -1.66. The predicted molar refractivity (Wildman–Crippen MR) is 77.7 cm³/mol. The highest BCUT2D eigenvalue weighted by Gasteiger charge is 2.12. The second-order valence-electron chi connectivity index (χ2n) is 4.64. The van der Waals surface area contributed by atoms with Crippen LogP contribution in [0.4, 0.5) is 4.39 Å². The zero-order valence-electron chi connectivity index (χ0n) is 11.5. The van der Waals surface area contributed by atoms with Gasteiger partial charge in [0.2, 0.25) is 5.91 Å². The van der Waals surface area contributed by atoms with Crippen molar-refractivity contribution in [3.8, 4) is 0 Å². The smallest absolute Gasteiger partial charge is 0.219 e. The van der Waals surface area contributed by atoms with Gasteiger partial charge in [-0.2, -0.15) is 0 Å². The van der Waals surface area contributed by atoms with Crippen molar-refractivity contribution in [2.24, 2.45) is 0 Å². The largest absolute Gasteiger partial charge is 0.340 e. The van der Waals surface area contributed by atoms with E-state index >= 15 is 0 Å². The summed E-state index contributed by atoms with van der Waals surface area (Å²) in [5.74, 6) is -0.601. The Morgan fingerprint density at radius 2 is 2.14 bits per heavy atom. The number of hydrogen-bond acceptors (Lipinski definition) is 3. The molecule has 1 aromatic carbocycles. The predicted octanol–water partition coefficient (Wildman–Crippen LogP) is 2.75. The van der Waals surface area contributed by atoms with E-state index < -0.39 is 5.82 Å². The van der Waals surface area contributed by atoms with Crippen LogP contribution < -0.4 is 0 Å². The maximum absolute atomic E-state index is 13.9. The molecular formula is C13H13Cl2FN4O. The molecular weight excluding hydrogens is 318 g/mol. The Bertz CT molecular complexity index is 674. The molecule has 0 N–H and O–H groups in total. The molecule has 1 heterocycles. The minimum absolute atomic E-state index is 0.0332. The average molecular weight is 331 g/mol. The Labute approximate surface area is 131 Å². The molecule has 112 valence electrons. The van der Waals surface area contributed by atoms with Gasteiger partial charge >= 0.3 is 0 Å². The number of carbonyl (C=O) groups excluding carboxylic acids is 1. The summed E-state index contributed by atoms with van der Waals surface area (Å²) in [5.41, 5.74) is 0.935. The van der Waals surface area contributed by atoms with Crippen molar-refractivity contribution in [3.63, 3.8) is 0 Å². The van der Waals surface area contributed by atoms with E-state index in [4.69, 9.17) is 23.2 Å². The molecule has 2 rings (SSSR count). The number of nitrogens with zero attached hydrogens (tertiary/aromatic N) is 4. The molecule has 1 aromatic heterocycles. The normalized spacial score (nSPS) is 10.7. The van der Waals surface area contributed by atoms with Crippen LogP contribution in [0.15, 0.2) is 18.3 Å². The maximum Gasteiger partial charge on any atom is 0.219 e. The van der Waals surface area contributed by atoms with Crippen molar-refractivity contribution in [1.29, 1.82) is 0 Å². The molecule has 0 spiro atoms. The number of hydrogen-bond donors (Lipinski definition) is 0. The molecule has 0 saturated heterocycles. The van der Waals surface area contributed by atoms with Gasteiger partial charge in [-0.25, -0.2) is 9.07 Å². The standard InChI is InChI=1S/C13H13Cl2FN4O/c1-8(21)19(2)6-11-7-20(18-17-11)5-9-3-10(14)4-12(15)13(9)16/h3-4,7H,5-6H2,1-2H3. The van der Waals surface area contributed by atoms with Crippen LogP contribution in [-0.4, -0.2) is 32.8 Å². The fourth-order valence-electron chi connectivity index (χ4n) is 1.74. The SMILES string of the molecule is CC(=O)N(C)Cc1cn(Cc2cc(Cl)cc(Cl)c2F)nn1. The first-order chi connectivity index (χ1) is 9.86. The van der Waals surface area contributed by atoms with Crippen LogP contribution in [-0.2, 0) is 17.9 Å². The highest BCUT2D eigenvalue weighted by Crippen LogP contribution is 2.24. The maximum atomic E-state index is 13.9. The topological polar surface area (TPSA) is 51.0 Å². The number of benzene rings is 1. The van der Waals surface area contributed by atoms with E-state index in [0.29, 0.717) is 22.8 Å². The van der Waals surface area contributed by atoms with Gasteiger partial charge in [-0.1, -0.05) is 28.4 Å². The van der Waals surface area contributed by atoms with E-state index in [-0.39, 0.29) is 17.5 Å². The first kappa shape index (κ1) is 15.7. The molecule has 21 heavy (non-hydrogen) atoms. The molecule has 0 saturated carbocycles. The number of carbonyl (C=O) groups is 1. The lowest BCUT2D eigenvalue weighted by Gasteiger charge is -2.11. The van der Waals surface area contributed by atoms with Gasteiger partial charge < -0.3 is 4.90 Å². The quantitative estimate of drug-likeness (QED) is 0.810. The number of rotatable bonds is 4. The van der Waals surface area contributed by atoms with E-state index in [1.165, 1.54) is 28.6 Å². The second-order valence-corrected chi connectivity index (χ2v) is 5.49. The lowest BCUT2D eigenvalue weighted by molar-refractivity contribution is -0.128. The third-order valence-corrected chi connectivity index (χ3v) is 3.42. The third-order valence-electron chi connectivity index (χ3n) is 2.92. The molecule has 0 aliphatic heterocycles. The monoisotopic (exact) mass is 330 g/mol. The average Bonchev–Trinajstić information content (AvgIpc) is 2.82. The van der Waals surface area contributed by atoms with Crippen LogP contribution in [0.1, 0.15) is 18.2 Å². The highest BCUT2D eigenvalue weighted by atomic mass is 35.5. The highest BCUT2D eigenvalue weighted by molar-refractivity contribution is 6.34. The van der Waals surface area contributed by atoms with Gasteiger partial charge in [-0.3, -0.25) is 4.79 Å². The van der Waals surface area contributed by atoms with E-state index in [2.05, 4.69) is 10.3 Å². The first-order valence-electron chi connectivity index (χ1n) is 6.11. The van der Waals surface area contributed by atoms with Crippen molar-refractivity contribution >= 4 is 29.1 Å². The van der Waals surface area contributed by atoms with Crippen LogP contribution in [0.5, 0.6) is 0 Å². The summed E-state index contributed by atoms with van der Waals surface area (Å²) in [6.07, 6.45) is 1.65. The van der Waals surface area contributed by atoms with Gasteiger partial charge in [0.15, 0.2) is 0 Å². The lowest BCUT2D eigenvalue weighted by Crippen LogP contribution is -2.23. The Morgan fingerprint density at radius 3 is 2.81 bits per heavy atom. The van der Waals surface area contributed by atoms with E-state index in [1.54, 1.807) is 13.2 Å². The van der Waals surface area contributed by atoms with Crippen LogP contribution in [0, 0.1) is 5.82 Å². The molecule has 2 aromatic rings. The molecule has 0 aliphatic rings. The van der Waals surface area contributed by atoms with Gasteiger partial charge in [0, 0.05) is 24.6 Å². The summed E-state index contributed by atoms with van der Waals surface area (Å²) in [6.45, 7) is 1.96. The minimum Gasteiger partial charge on any atom is -0.340 e. The fourth-order valence-corrected chi connectivity index (χ4v) is 2.28. The third kappa shape index (κ3) is 3.92. The van der Waals surface area contributed by atoms with Gasteiger partial charge in [-0.15, -0.1) is 5.10 Å². The van der Waals surface area contributed by atoms with E-state index in [1.807, 2.05) is 0 Å². The number of halogens is 3. The van der Waals surface area contributed by atoms with Crippen molar-refractivity contribution < 1.29 is 9.18 Å². The van der Waals surface area contributed by atoms with Crippen LogP contribution in [0.3, 0.4) is 0 Å². The molecule has 0 atom stereocenters. The molecule has 0 fully saturated rings. The summed E-state index contributed by atoms with van der Waals surface area (Å²) in [6, 6.07) is 2.84. The lowest BCUT2D eigenvalue weighted by atomic mass is 10.2. The van der Waals surface area contributed by atoms with Gasteiger partial charge in [0.05, 0.1) is 24.3 Å². The van der Waals surface area contributed by atoms with E-state index in [0.717, 1.165) is 0 Å². The van der Waals surface area contributed by atoms with Crippen LogP contribution in [0.25, 0.3) is 0 Å². The van der Waals surface area contributed by atoms with Crippen molar-refractivity contribution in [1.82, 2.24) is 19.9 Å². The summed E-state index contributed by atoms with van der Waals surface area (Å²) >= 11 is 11.6. The van der Waals surface area contributed by atoms with Crippen LogP contribution in [0.2, 0.25) is 10.0 Å². The minimum atomic E-state index is -0.529. The molecule has 5 nitrogen and oxygen atoms in total. The molecule has 0 radical (unpaired) electrons. The summed E-state index contributed by atoms with van der Waals surface area (Å²) in [4.78, 5) is 12.7. The Morgan fingerprint density at radius 1 is 1.43 bits per heavy atom. The summed E-state index contributed by atoms with van der Waals surface area (Å²) in [7, 11) is 1.66. The Balaban J connectivity index is 2.15. The molecule has 1 amide bonds. The number of aromatic nitrogens is 3. The van der Waals surface area contributed by atoms with Crippen molar-refractivity contribution in [2.75, 3.05) is 7.05 Å². The van der Waals surface area contributed by atoms with Crippen molar-refractivity contribution in [3.05, 3.63) is 45.4 Å². The fraction of sp³-hybridized carbons (Fsp3) is 0.308. The first-order valence-corrected chi connectivity index (χ1v) is 6.86. The van der Waals surface area contributed by atoms with Gasteiger partial charge in [0.25, 0.3) is 0 Å². The zero-order valence-corrected chi connectivity index (χ0v) is 13.0. The molecule has 8 heteroatoms.